The molecule has 35 heavy (non-hydrogen) atoms. The van der Waals surface area contributed by atoms with Gasteiger partial charge in [-0.3, -0.25) is 0 Å². The minimum absolute atomic E-state index is 0.0837. The Labute approximate surface area is 200 Å². The van der Waals surface area contributed by atoms with Crippen LogP contribution in [0.3, 0.4) is 0 Å². The molecule has 0 amide bonds. The molecule has 1 heterocycles. The summed E-state index contributed by atoms with van der Waals surface area (Å²) in [5.41, 5.74) is 3.66. The third kappa shape index (κ3) is 3.24. The number of phenolic OH excluding ortho intramolecular Hbond substituents is 6. The number of rotatable bonds is 2. The van der Waals surface area contributed by atoms with Crippen molar-refractivity contribution in [1.29, 1.82) is 0 Å². The molecule has 4 atom stereocenters. The number of hydrogen-bond donors (Lipinski definition) is 6. The van der Waals surface area contributed by atoms with E-state index in [9.17, 15) is 30.6 Å². The third-order valence-corrected chi connectivity index (χ3v) is 6.99. The summed E-state index contributed by atoms with van der Waals surface area (Å²) < 4.78 is 6.69. The average molecular weight is 470 g/mol. The van der Waals surface area contributed by atoms with Crippen LogP contribution >= 0.6 is 0 Å². The molecule has 4 aromatic rings. The van der Waals surface area contributed by atoms with Crippen molar-refractivity contribution in [2.75, 3.05) is 0 Å². The standard InChI is InChI=1S/C28H22O7/c29-15-5-1-13(2-6-15)23-24-19(9-17(31)11-21(24)33)26-25-20(10-18(32)12-22(25)34)28(23)35-27(26)14-3-7-16(30)8-4-14/h1-12,23,26-34H/t23-,26+,27-,28+/m1/s1. The fourth-order valence-corrected chi connectivity index (χ4v) is 5.61. The van der Waals surface area contributed by atoms with Crippen LogP contribution in [0.15, 0.2) is 72.8 Å². The highest BCUT2D eigenvalue weighted by Crippen LogP contribution is 2.62. The summed E-state index contributed by atoms with van der Waals surface area (Å²) in [4.78, 5) is 0. The molecule has 6 rings (SSSR count). The highest BCUT2D eigenvalue weighted by atomic mass is 16.5. The Morgan fingerprint density at radius 1 is 0.457 bits per heavy atom. The van der Waals surface area contributed by atoms with Gasteiger partial charge in [0.1, 0.15) is 34.5 Å². The second-order valence-corrected chi connectivity index (χ2v) is 9.05. The lowest BCUT2D eigenvalue weighted by Gasteiger charge is -2.38. The SMILES string of the molecule is Oc1ccc([C@@H]2c3c(O)cc(O)cc3[C@H]3c4c(O)cc(O)cc4[C@@H]2O[C@@H]3c2ccc(O)cc2)cc1. The molecule has 2 bridgehead atoms. The van der Waals surface area contributed by atoms with Crippen LogP contribution in [0.2, 0.25) is 0 Å². The monoisotopic (exact) mass is 470 g/mol. The van der Waals surface area contributed by atoms with Gasteiger partial charge in [0.2, 0.25) is 0 Å². The molecule has 0 unspecified atom stereocenters. The van der Waals surface area contributed by atoms with Crippen LogP contribution in [0.4, 0.5) is 0 Å². The van der Waals surface area contributed by atoms with E-state index in [2.05, 4.69) is 0 Å². The first kappa shape index (κ1) is 21.2. The largest absolute Gasteiger partial charge is 0.508 e. The van der Waals surface area contributed by atoms with Crippen LogP contribution in [-0.4, -0.2) is 30.6 Å². The van der Waals surface area contributed by atoms with Gasteiger partial charge in [0.25, 0.3) is 0 Å². The Bertz CT molecular complexity index is 1440. The van der Waals surface area contributed by atoms with E-state index in [0.717, 1.165) is 11.1 Å². The molecule has 0 radical (unpaired) electrons. The lowest BCUT2D eigenvalue weighted by Crippen LogP contribution is -2.25. The van der Waals surface area contributed by atoms with Crippen LogP contribution in [0.5, 0.6) is 34.5 Å². The molecule has 6 N–H and O–H groups in total. The topological polar surface area (TPSA) is 131 Å². The van der Waals surface area contributed by atoms with E-state index in [0.29, 0.717) is 22.3 Å². The van der Waals surface area contributed by atoms with Gasteiger partial charge in [-0.2, -0.15) is 0 Å². The van der Waals surface area contributed by atoms with Crippen molar-refractivity contribution in [3.63, 3.8) is 0 Å². The first-order valence-corrected chi connectivity index (χ1v) is 11.2. The molecular formula is C28H22O7. The molecule has 1 aliphatic heterocycles. The second-order valence-electron chi connectivity index (χ2n) is 9.05. The van der Waals surface area contributed by atoms with E-state index >= 15 is 0 Å². The first-order valence-electron chi connectivity index (χ1n) is 11.2. The first-order chi connectivity index (χ1) is 16.8. The van der Waals surface area contributed by atoms with Gasteiger partial charge in [0, 0.05) is 35.1 Å². The van der Waals surface area contributed by atoms with Crippen molar-refractivity contribution in [1.82, 2.24) is 0 Å². The fraction of sp³-hybridized carbons (Fsp3) is 0.143. The van der Waals surface area contributed by atoms with Crippen LogP contribution < -0.4 is 0 Å². The number of benzene rings is 4. The van der Waals surface area contributed by atoms with Gasteiger partial charge in [-0.1, -0.05) is 24.3 Å². The third-order valence-electron chi connectivity index (χ3n) is 6.99. The van der Waals surface area contributed by atoms with E-state index in [-0.39, 0.29) is 34.5 Å². The lowest BCUT2D eigenvalue weighted by molar-refractivity contribution is -0.0396. The Hall–Kier alpha value is -4.36. The van der Waals surface area contributed by atoms with Crippen molar-refractivity contribution in [3.05, 3.63) is 106 Å². The van der Waals surface area contributed by atoms with Gasteiger partial charge in [-0.25, -0.2) is 0 Å². The summed E-state index contributed by atoms with van der Waals surface area (Å²) in [7, 11) is 0. The van der Waals surface area contributed by atoms with Gasteiger partial charge in [0.15, 0.2) is 0 Å². The fourth-order valence-electron chi connectivity index (χ4n) is 5.61. The average Bonchev–Trinajstić information content (AvgIpc) is 3.02. The predicted octanol–water partition coefficient (Wildman–Crippen LogP) is 5.01. The molecule has 4 aromatic carbocycles. The van der Waals surface area contributed by atoms with E-state index in [1.54, 1.807) is 60.7 Å². The van der Waals surface area contributed by atoms with Crippen molar-refractivity contribution < 1.29 is 35.4 Å². The Kier molecular flexibility index (Phi) is 4.59. The maximum atomic E-state index is 11.1. The lowest BCUT2D eigenvalue weighted by atomic mass is 9.79. The van der Waals surface area contributed by atoms with Crippen LogP contribution in [0.25, 0.3) is 0 Å². The maximum Gasteiger partial charge on any atom is 0.123 e. The summed E-state index contributed by atoms with van der Waals surface area (Å²) in [6, 6.07) is 18.8. The molecule has 1 aliphatic carbocycles. The van der Waals surface area contributed by atoms with Gasteiger partial charge in [-0.15, -0.1) is 0 Å². The highest BCUT2D eigenvalue weighted by molar-refractivity contribution is 5.64. The van der Waals surface area contributed by atoms with Crippen molar-refractivity contribution in [2.24, 2.45) is 0 Å². The molecular weight excluding hydrogens is 448 g/mol. The Balaban J connectivity index is 1.70. The minimum atomic E-state index is -0.737. The van der Waals surface area contributed by atoms with Crippen molar-refractivity contribution in [2.45, 2.75) is 24.0 Å². The number of fused-ring (bicyclic) bond motifs is 2. The zero-order valence-electron chi connectivity index (χ0n) is 18.3. The van der Waals surface area contributed by atoms with Gasteiger partial charge in [0.05, 0.1) is 12.2 Å². The van der Waals surface area contributed by atoms with E-state index in [1.165, 1.54) is 12.1 Å². The maximum absolute atomic E-state index is 11.1. The molecule has 0 spiro atoms. The normalized spacial score (nSPS) is 22.3. The second kappa shape index (κ2) is 7.58. The summed E-state index contributed by atoms with van der Waals surface area (Å²) in [6.45, 7) is 0. The molecule has 0 saturated carbocycles. The molecule has 0 fully saturated rings. The number of ether oxygens (including phenoxy) is 1. The molecule has 7 nitrogen and oxygen atoms in total. The Morgan fingerprint density at radius 3 is 1.51 bits per heavy atom. The summed E-state index contributed by atoms with van der Waals surface area (Å²) in [5.74, 6) is -1.56. The summed E-state index contributed by atoms with van der Waals surface area (Å²) in [6.07, 6.45) is -1.37. The molecule has 2 aliphatic rings. The number of aromatic hydroxyl groups is 6. The van der Waals surface area contributed by atoms with E-state index in [4.69, 9.17) is 4.74 Å². The quantitative estimate of drug-likeness (QED) is 0.243. The zero-order valence-corrected chi connectivity index (χ0v) is 18.3. The number of phenols is 6. The van der Waals surface area contributed by atoms with Crippen LogP contribution in [0, 0.1) is 0 Å². The van der Waals surface area contributed by atoms with Gasteiger partial charge >= 0.3 is 0 Å². The van der Waals surface area contributed by atoms with Gasteiger partial charge < -0.3 is 35.4 Å². The van der Waals surface area contributed by atoms with E-state index in [1.807, 2.05) is 0 Å². The minimum Gasteiger partial charge on any atom is -0.508 e. The molecule has 0 saturated heterocycles. The zero-order chi connectivity index (χ0) is 24.4. The van der Waals surface area contributed by atoms with Crippen molar-refractivity contribution >= 4 is 0 Å². The number of hydrogen-bond acceptors (Lipinski definition) is 7. The van der Waals surface area contributed by atoms with Crippen LogP contribution in [0.1, 0.15) is 57.4 Å². The predicted molar refractivity (Wildman–Crippen MR) is 126 cm³/mol. The smallest absolute Gasteiger partial charge is 0.123 e. The summed E-state index contributed by atoms with van der Waals surface area (Å²) >= 11 is 0. The van der Waals surface area contributed by atoms with Gasteiger partial charge in [-0.05, 0) is 58.7 Å². The molecule has 176 valence electrons. The summed E-state index contributed by atoms with van der Waals surface area (Å²) in [5, 5.41) is 62.6. The molecule has 0 aromatic heterocycles. The van der Waals surface area contributed by atoms with E-state index < -0.39 is 24.0 Å². The Morgan fingerprint density at radius 2 is 0.943 bits per heavy atom. The van der Waals surface area contributed by atoms with Crippen molar-refractivity contribution in [3.8, 4) is 34.5 Å². The molecule has 7 heteroatoms. The highest BCUT2D eigenvalue weighted by Gasteiger charge is 2.49. The van der Waals surface area contributed by atoms with Crippen LogP contribution in [-0.2, 0) is 4.74 Å².